The van der Waals surface area contributed by atoms with Crippen LogP contribution in [0.2, 0.25) is 0 Å². The van der Waals surface area contributed by atoms with E-state index in [9.17, 15) is 14.7 Å². The van der Waals surface area contributed by atoms with Crippen LogP contribution < -0.4 is 0 Å². The third-order valence-electron chi connectivity index (χ3n) is 1.62. The topological polar surface area (TPSA) is 72.8 Å². The summed E-state index contributed by atoms with van der Waals surface area (Å²) in [5, 5.41) is 9.26. The minimum atomic E-state index is -0.841. The van der Waals surface area contributed by atoms with E-state index < -0.39 is 12.1 Å². The molecule has 0 aliphatic carbocycles. The quantitative estimate of drug-likeness (QED) is 0.628. The number of methoxy groups -OCH3 is 1. The minimum Gasteiger partial charge on any atom is -0.469 e. The van der Waals surface area contributed by atoms with Crippen molar-refractivity contribution in [3.63, 3.8) is 0 Å². The van der Waals surface area contributed by atoms with Gasteiger partial charge in [0.1, 0.15) is 0 Å². The molecule has 14 heavy (non-hydrogen) atoms. The number of aliphatic hydroxyl groups excluding tert-OH is 1. The summed E-state index contributed by atoms with van der Waals surface area (Å²) in [5.41, 5.74) is 0. The monoisotopic (exact) mass is 204 g/mol. The first-order valence-electron chi connectivity index (χ1n) is 4.50. The van der Waals surface area contributed by atoms with E-state index >= 15 is 0 Å². The van der Waals surface area contributed by atoms with Crippen LogP contribution in [0.5, 0.6) is 0 Å². The molecule has 0 aromatic heterocycles. The molecule has 0 spiro atoms. The lowest BCUT2D eigenvalue weighted by atomic mass is 10.1. The zero-order chi connectivity index (χ0) is 11.0. The lowest BCUT2D eigenvalue weighted by molar-refractivity contribution is -0.146. The second-order valence-corrected chi connectivity index (χ2v) is 2.78. The Balaban J connectivity index is 3.57. The molecule has 0 radical (unpaired) electrons. The molecular weight excluding hydrogens is 188 g/mol. The summed E-state index contributed by atoms with van der Waals surface area (Å²) in [6.07, 6.45) is -0.595. The third kappa shape index (κ3) is 6.42. The van der Waals surface area contributed by atoms with Crippen LogP contribution in [-0.4, -0.2) is 36.9 Å². The molecule has 0 rings (SSSR count). The zero-order valence-corrected chi connectivity index (χ0v) is 8.49. The van der Waals surface area contributed by atoms with E-state index in [0.717, 1.165) is 0 Å². The Bertz CT molecular complexity index is 190. The molecule has 1 atom stereocenters. The number of ether oxygens (including phenoxy) is 2. The first-order valence-corrected chi connectivity index (χ1v) is 4.50. The summed E-state index contributed by atoms with van der Waals surface area (Å²) in [6.45, 7) is 2.04. The van der Waals surface area contributed by atoms with Gasteiger partial charge in [0, 0.05) is 6.42 Å². The van der Waals surface area contributed by atoms with Crippen LogP contribution in [0.15, 0.2) is 0 Å². The lowest BCUT2D eigenvalue weighted by Gasteiger charge is -2.08. The lowest BCUT2D eigenvalue weighted by Crippen LogP contribution is -2.16. The van der Waals surface area contributed by atoms with E-state index in [1.54, 1.807) is 6.92 Å². The van der Waals surface area contributed by atoms with Gasteiger partial charge < -0.3 is 14.6 Å². The van der Waals surface area contributed by atoms with E-state index in [-0.39, 0.29) is 25.2 Å². The molecule has 0 aliphatic heterocycles. The highest BCUT2D eigenvalue weighted by Gasteiger charge is 2.13. The second kappa shape index (κ2) is 7.32. The summed E-state index contributed by atoms with van der Waals surface area (Å²) in [6, 6.07) is 0. The smallest absolute Gasteiger partial charge is 0.308 e. The number of rotatable bonds is 6. The molecule has 0 saturated carbocycles. The molecule has 5 heteroatoms. The minimum absolute atomic E-state index is 0.0874. The second-order valence-electron chi connectivity index (χ2n) is 2.78. The summed E-state index contributed by atoms with van der Waals surface area (Å²) in [7, 11) is 1.25. The van der Waals surface area contributed by atoms with Gasteiger partial charge in [0.05, 0.1) is 26.2 Å². The number of carbonyl (C=O) groups excluding carboxylic acids is 2. The predicted octanol–water partition coefficient (Wildman–Crippen LogP) is 0.254. The maximum absolute atomic E-state index is 10.9. The van der Waals surface area contributed by atoms with Gasteiger partial charge in [-0.05, 0) is 13.3 Å². The van der Waals surface area contributed by atoms with E-state index in [2.05, 4.69) is 9.47 Å². The molecule has 0 aromatic rings. The number of hydrogen-bond acceptors (Lipinski definition) is 5. The van der Waals surface area contributed by atoms with Gasteiger partial charge in [-0.25, -0.2) is 0 Å². The Morgan fingerprint density at radius 1 is 1.36 bits per heavy atom. The average molecular weight is 204 g/mol. The van der Waals surface area contributed by atoms with Gasteiger partial charge in [-0.1, -0.05) is 0 Å². The fourth-order valence-corrected chi connectivity index (χ4v) is 0.895. The maximum Gasteiger partial charge on any atom is 0.308 e. The normalized spacial score (nSPS) is 11.9. The summed E-state index contributed by atoms with van der Waals surface area (Å²) in [4.78, 5) is 21.5. The van der Waals surface area contributed by atoms with Crippen molar-refractivity contribution in [3.05, 3.63) is 0 Å². The maximum atomic E-state index is 10.9. The van der Waals surface area contributed by atoms with Gasteiger partial charge in [-0.3, -0.25) is 9.59 Å². The van der Waals surface area contributed by atoms with Crippen molar-refractivity contribution in [1.29, 1.82) is 0 Å². The van der Waals surface area contributed by atoms with Gasteiger partial charge in [-0.2, -0.15) is 0 Å². The van der Waals surface area contributed by atoms with E-state index in [4.69, 9.17) is 0 Å². The molecule has 5 nitrogen and oxygen atoms in total. The van der Waals surface area contributed by atoms with Gasteiger partial charge in [-0.15, -0.1) is 0 Å². The van der Waals surface area contributed by atoms with Crippen molar-refractivity contribution in [2.24, 2.45) is 0 Å². The number of aliphatic hydroxyl groups is 1. The van der Waals surface area contributed by atoms with Crippen molar-refractivity contribution < 1.29 is 24.2 Å². The molecule has 0 aliphatic rings. The van der Waals surface area contributed by atoms with Gasteiger partial charge >= 0.3 is 11.9 Å². The Kier molecular flexibility index (Phi) is 6.74. The summed E-state index contributed by atoms with van der Waals surface area (Å²) < 4.78 is 9.02. The van der Waals surface area contributed by atoms with Crippen LogP contribution in [0, 0.1) is 0 Å². The molecule has 1 unspecified atom stereocenters. The molecule has 1 N–H and O–H groups in total. The first kappa shape index (κ1) is 12.9. The Morgan fingerprint density at radius 3 is 2.50 bits per heavy atom. The number of esters is 2. The Hall–Kier alpha value is -1.10. The van der Waals surface area contributed by atoms with Gasteiger partial charge in [0.25, 0.3) is 0 Å². The van der Waals surface area contributed by atoms with E-state index in [0.29, 0.717) is 6.61 Å². The molecule has 0 fully saturated rings. The van der Waals surface area contributed by atoms with Crippen molar-refractivity contribution >= 4 is 11.9 Å². The fourth-order valence-electron chi connectivity index (χ4n) is 0.895. The number of carbonyl (C=O) groups is 2. The molecule has 0 saturated heterocycles. The molecule has 0 heterocycles. The molecule has 0 aromatic carbocycles. The molecule has 0 amide bonds. The predicted molar refractivity (Wildman–Crippen MR) is 48.5 cm³/mol. The van der Waals surface area contributed by atoms with E-state index in [1.165, 1.54) is 7.11 Å². The van der Waals surface area contributed by atoms with Crippen LogP contribution in [-0.2, 0) is 19.1 Å². The van der Waals surface area contributed by atoms with Crippen molar-refractivity contribution in [3.8, 4) is 0 Å². The first-order chi connectivity index (χ1) is 6.60. The largest absolute Gasteiger partial charge is 0.469 e. The third-order valence-corrected chi connectivity index (χ3v) is 1.62. The van der Waals surface area contributed by atoms with Crippen LogP contribution in [0.1, 0.15) is 26.2 Å². The molecule has 0 bridgehead atoms. The van der Waals surface area contributed by atoms with Crippen molar-refractivity contribution in [2.75, 3.05) is 13.7 Å². The van der Waals surface area contributed by atoms with Crippen LogP contribution in [0.25, 0.3) is 0 Å². The number of hydrogen-bond donors (Lipinski definition) is 1. The fraction of sp³-hybridized carbons (Fsp3) is 0.778. The highest BCUT2D eigenvalue weighted by Crippen LogP contribution is 2.03. The van der Waals surface area contributed by atoms with Gasteiger partial charge in [0.15, 0.2) is 0 Å². The van der Waals surface area contributed by atoms with Crippen molar-refractivity contribution in [1.82, 2.24) is 0 Å². The summed E-state index contributed by atoms with van der Waals surface area (Å²) in [5.74, 6) is -0.849. The van der Waals surface area contributed by atoms with E-state index in [1.807, 2.05) is 0 Å². The highest BCUT2D eigenvalue weighted by atomic mass is 16.5. The SMILES string of the molecule is CCOC(=O)CCC(O)CC(=O)OC. The summed E-state index contributed by atoms with van der Waals surface area (Å²) >= 11 is 0. The van der Waals surface area contributed by atoms with Crippen LogP contribution >= 0.6 is 0 Å². The highest BCUT2D eigenvalue weighted by molar-refractivity contribution is 5.71. The Morgan fingerprint density at radius 2 is 2.00 bits per heavy atom. The van der Waals surface area contributed by atoms with Crippen LogP contribution in [0.3, 0.4) is 0 Å². The standard InChI is InChI=1S/C9H16O5/c1-3-14-8(11)5-4-7(10)6-9(12)13-2/h7,10H,3-6H2,1-2H3. The Labute approximate surface area is 83.0 Å². The molecular formula is C9H16O5. The zero-order valence-electron chi connectivity index (χ0n) is 8.49. The van der Waals surface area contributed by atoms with Gasteiger partial charge in [0.2, 0.25) is 0 Å². The van der Waals surface area contributed by atoms with Crippen molar-refractivity contribution in [2.45, 2.75) is 32.3 Å². The average Bonchev–Trinajstić information content (AvgIpc) is 2.15. The molecule has 82 valence electrons. The van der Waals surface area contributed by atoms with Crippen LogP contribution in [0.4, 0.5) is 0 Å².